The summed E-state index contributed by atoms with van der Waals surface area (Å²) in [5.41, 5.74) is 2.90. The number of halogens is 1. The molecule has 3 rings (SSSR count). The summed E-state index contributed by atoms with van der Waals surface area (Å²) in [6, 6.07) is 13.6. The lowest BCUT2D eigenvalue weighted by atomic mass is 10.2. The van der Waals surface area contributed by atoms with Gasteiger partial charge in [0.15, 0.2) is 0 Å². The number of rotatable bonds is 7. The maximum atomic E-state index is 13.4. The van der Waals surface area contributed by atoms with Crippen molar-refractivity contribution in [2.45, 2.75) is 32.2 Å². The molecule has 0 aliphatic carbocycles. The number of carbonyl (C=O) groups is 1. The van der Waals surface area contributed by atoms with Crippen LogP contribution in [0.15, 0.2) is 58.8 Å². The second-order valence-corrected chi connectivity index (χ2v) is 10.4. The van der Waals surface area contributed by atoms with Gasteiger partial charge in [-0.2, -0.15) is 0 Å². The molecule has 5 nitrogen and oxygen atoms in total. The van der Waals surface area contributed by atoms with Gasteiger partial charge in [-0.3, -0.25) is 9.10 Å². The Kier molecular flexibility index (Phi) is 6.85. The van der Waals surface area contributed by atoms with Gasteiger partial charge >= 0.3 is 0 Å². The van der Waals surface area contributed by atoms with Gasteiger partial charge in [0.05, 0.1) is 10.6 Å². The molecule has 0 spiro atoms. The smallest absolute Gasteiger partial charge is 0.264 e. The Labute approximate surface area is 186 Å². The van der Waals surface area contributed by atoms with Gasteiger partial charge in [-0.15, -0.1) is 11.3 Å². The van der Waals surface area contributed by atoms with Gasteiger partial charge in [-0.25, -0.2) is 8.42 Å². The van der Waals surface area contributed by atoms with Crippen molar-refractivity contribution in [1.29, 1.82) is 0 Å². The zero-order chi connectivity index (χ0) is 21.9. The summed E-state index contributed by atoms with van der Waals surface area (Å²) in [6.45, 7) is 5.61. The van der Waals surface area contributed by atoms with Crippen LogP contribution in [0.2, 0.25) is 5.02 Å². The number of hydrogen-bond donors (Lipinski definition) is 1. The van der Waals surface area contributed by atoms with Crippen LogP contribution in [0, 0.1) is 20.8 Å². The first-order valence-electron chi connectivity index (χ1n) is 9.33. The molecule has 0 bridgehead atoms. The van der Waals surface area contributed by atoms with Crippen molar-refractivity contribution >= 4 is 44.6 Å². The predicted octanol–water partition coefficient (Wildman–Crippen LogP) is 4.84. The van der Waals surface area contributed by atoms with E-state index in [-0.39, 0.29) is 11.4 Å². The van der Waals surface area contributed by atoms with Gasteiger partial charge in [0, 0.05) is 16.4 Å². The van der Waals surface area contributed by atoms with Crippen LogP contribution in [0.5, 0.6) is 0 Å². The standard InChI is InChI=1S/C22H23ClN2O3S2/c1-15-7-9-19(10-8-15)30(27,28)25(21-6-4-5-20(23)17(21)3)13-22(26)24-12-18-11-16(2)29-14-18/h4-11,14H,12-13H2,1-3H3,(H,24,26). The number of thiophene rings is 1. The summed E-state index contributed by atoms with van der Waals surface area (Å²) in [5.74, 6) is -0.395. The van der Waals surface area contributed by atoms with E-state index in [9.17, 15) is 13.2 Å². The SMILES string of the molecule is Cc1ccc(S(=O)(=O)N(CC(=O)NCc2csc(C)c2)c2cccc(Cl)c2C)cc1. The number of anilines is 1. The third-order valence-electron chi connectivity index (χ3n) is 4.68. The lowest BCUT2D eigenvalue weighted by Gasteiger charge is -2.26. The number of amides is 1. The van der Waals surface area contributed by atoms with Gasteiger partial charge in [0.1, 0.15) is 6.54 Å². The highest BCUT2D eigenvalue weighted by Crippen LogP contribution is 2.30. The Morgan fingerprint density at radius 3 is 2.43 bits per heavy atom. The van der Waals surface area contributed by atoms with E-state index in [1.165, 1.54) is 0 Å². The minimum absolute atomic E-state index is 0.119. The van der Waals surface area contributed by atoms with Crippen molar-refractivity contribution < 1.29 is 13.2 Å². The van der Waals surface area contributed by atoms with E-state index in [0.717, 1.165) is 20.3 Å². The molecule has 0 aliphatic heterocycles. The van der Waals surface area contributed by atoms with Crippen molar-refractivity contribution in [1.82, 2.24) is 5.32 Å². The van der Waals surface area contributed by atoms with E-state index in [0.29, 0.717) is 22.8 Å². The molecule has 3 aromatic rings. The summed E-state index contributed by atoms with van der Waals surface area (Å²) in [7, 11) is -3.97. The van der Waals surface area contributed by atoms with E-state index in [1.54, 1.807) is 60.7 Å². The van der Waals surface area contributed by atoms with Crippen LogP contribution >= 0.6 is 22.9 Å². The number of nitrogens with zero attached hydrogens (tertiary/aromatic N) is 1. The molecular formula is C22H23ClN2O3S2. The number of carbonyl (C=O) groups excluding carboxylic acids is 1. The molecular weight excluding hydrogens is 440 g/mol. The zero-order valence-electron chi connectivity index (χ0n) is 17.0. The Balaban J connectivity index is 1.92. The normalized spacial score (nSPS) is 11.3. The number of sulfonamides is 1. The van der Waals surface area contributed by atoms with Crippen LogP contribution in [-0.2, 0) is 21.4 Å². The Hall–Kier alpha value is -2.35. The van der Waals surface area contributed by atoms with Crippen LogP contribution in [0.4, 0.5) is 5.69 Å². The summed E-state index contributed by atoms with van der Waals surface area (Å²) < 4.78 is 28.0. The Morgan fingerprint density at radius 1 is 1.10 bits per heavy atom. The number of benzene rings is 2. The molecule has 1 aromatic heterocycles. The minimum atomic E-state index is -3.97. The third kappa shape index (κ3) is 5.03. The Bertz CT molecular complexity index is 1160. The molecule has 2 aromatic carbocycles. The largest absolute Gasteiger partial charge is 0.350 e. The molecule has 1 N–H and O–H groups in total. The molecule has 8 heteroatoms. The first-order chi connectivity index (χ1) is 14.2. The number of aryl methyl sites for hydroxylation is 2. The van der Waals surface area contributed by atoms with Crippen molar-refractivity contribution in [3.05, 3.63) is 80.5 Å². The monoisotopic (exact) mass is 462 g/mol. The quantitative estimate of drug-likeness (QED) is 0.546. The van der Waals surface area contributed by atoms with Gasteiger partial charge in [-0.1, -0.05) is 35.4 Å². The fraction of sp³-hybridized carbons (Fsp3) is 0.227. The van der Waals surface area contributed by atoms with Crippen LogP contribution in [0.25, 0.3) is 0 Å². The molecule has 0 saturated carbocycles. The van der Waals surface area contributed by atoms with Crippen LogP contribution in [0.3, 0.4) is 0 Å². The molecule has 0 fully saturated rings. The summed E-state index contributed by atoms with van der Waals surface area (Å²) in [5, 5.41) is 5.21. The van der Waals surface area contributed by atoms with E-state index in [4.69, 9.17) is 11.6 Å². The molecule has 0 aliphatic rings. The average Bonchev–Trinajstić information content (AvgIpc) is 3.12. The van der Waals surface area contributed by atoms with Crippen LogP contribution in [-0.4, -0.2) is 20.9 Å². The minimum Gasteiger partial charge on any atom is -0.350 e. The van der Waals surface area contributed by atoms with Crippen molar-refractivity contribution in [3.8, 4) is 0 Å². The second-order valence-electron chi connectivity index (χ2n) is 7.05. The maximum Gasteiger partial charge on any atom is 0.264 e. The lowest BCUT2D eigenvalue weighted by Crippen LogP contribution is -2.41. The predicted molar refractivity (Wildman–Crippen MR) is 123 cm³/mol. The van der Waals surface area contributed by atoms with Crippen LogP contribution in [0.1, 0.15) is 21.6 Å². The van der Waals surface area contributed by atoms with Gasteiger partial charge < -0.3 is 5.32 Å². The molecule has 1 amide bonds. The fourth-order valence-electron chi connectivity index (χ4n) is 2.98. The van der Waals surface area contributed by atoms with Crippen LogP contribution < -0.4 is 9.62 Å². The number of hydrogen-bond acceptors (Lipinski definition) is 4. The fourth-order valence-corrected chi connectivity index (χ4v) is 5.34. The molecule has 1 heterocycles. The third-order valence-corrected chi connectivity index (χ3v) is 7.77. The van der Waals surface area contributed by atoms with E-state index >= 15 is 0 Å². The number of nitrogens with one attached hydrogen (secondary N) is 1. The molecule has 0 unspecified atom stereocenters. The zero-order valence-corrected chi connectivity index (χ0v) is 19.4. The summed E-state index contributed by atoms with van der Waals surface area (Å²) in [6.07, 6.45) is 0. The maximum absolute atomic E-state index is 13.4. The topological polar surface area (TPSA) is 66.5 Å². The van der Waals surface area contributed by atoms with Crippen molar-refractivity contribution in [2.24, 2.45) is 0 Å². The van der Waals surface area contributed by atoms with E-state index < -0.39 is 15.9 Å². The average molecular weight is 463 g/mol. The highest BCUT2D eigenvalue weighted by Gasteiger charge is 2.28. The van der Waals surface area contributed by atoms with Crippen molar-refractivity contribution in [2.75, 3.05) is 10.8 Å². The van der Waals surface area contributed by atoms with E-state index in [2.05, 4.69) is 5.32 Å². The highest BCUT2D eigenvalue weighted by molar-refractivity contribution is 7.92. The Morgan fingerprint density at radius 2 is 1.80 bits per heavy atom. The highest BCUT2D eigenvalue weighted by atomic mass is 35.5. The second kappa shape index (κ2) is 9.20. The summed E-state index contributed by atoms with van der Waals surface area (Å²) in [4.78, 5) is 14.0. The molecule has 0 atom stereocenters. The first kappa shape index (κ1) is 22.3. The van der Waals surface area contributed by atoms with Gasteiger partial charge in [-0.05, 0) is 67.6 Å². The van der Waals surface area contributed by atoms with E-state index in [1.807, 2.05) is 25.3 Å². The molecule has 0 saturated heterocycles. The van der Waals surface area contributed by atoms with Gasteiger partial charge in [0.2, 0.25) is 5.91 Å². The molecule has 0 radical (unpaired) electrons. The van der Waals surface area contributed by atoms with Crippen molar-refractivity contribution in [3.63, 3.8) is 0 Å². The molecule has 158 valence electrons. The first-order valence-corrected chi connectivity index (χ1v) is 12.0. The summed E-state index contributed by atoms with van der Waals surface area (Å²) >= 11 is 7.83. The van der Waals surface area contributed by atoms with Gasteiger partial charge in [0.25, 0.3) is 10.0 Å². The lowest BCUT2D eigenvalue weighted by molar-refractivity contribution is -0.119. The molecule has 30 heavy (non-hydrogen) atoms.